The summed E-state index contributed by atoms with van der Waals surface area (Å²) in [6, 6.07) is 1.93. The third kappa shape index (κ3) is 3.26. The van der Waals surface area contributed by atoms with E-state index >= 15 is 0 Å². The van der Waals surface area contributed by atoms with Gasteiger partial charge in [0.25, 0.3) is 5.91 Å². The Labute approximate surface area is 113 Å². The molecule has 1 fully saturated rings. The molecule has 1 N–H and O–H groups in total. The topological polar surface area (TPSA) is 61.5 Å². The second kappa shape index (κ2) is 6.06. The number of hydrogen-bond donors (Lipinski definition) is 1. The van der Waals surface area contributed by atoms with Crippen LogP contribution in [0, 0.1) is 0 Å². The predicted octanol–water partition coefficient (Wildman–Crippen LogP) is 0.975. The Kier molecular flexibility index (Phi) is 4.42. The molecule has 106 valence electrons. The van der Waals surface area contributed by atoms with Crippen LogP contribution in [0.1, 0.15) is 30.3 Å². The van der Waals surface area contributed by atoms with E-state index in [1.807, 2.05) is 14.0 Å². The van der Waals surface area contributed by atoms with Gasteiger partial charge >= 0.3 is 0 Å². The van der Waals surface area contributed by atoms with Crippen LogP contribution >= 0.6 is 0 Å². The van der Waals surface area contributed by atoms with Gasteiger partial charge in [0.15, 0.2) is 0 Å². The lowest BCUT2D eigenvalue weighted by molar-refractivity contribution is 0.0638. The van der Waals surface area contributed by atoms with Crippen LogP contribution in [0.2, 0.25) is 0 Å². The second-order valence-corrected chi connectivity index (χ2v) is 5.03. The van der Waals surface area contributed by atoms with Crippen LogP contribution in [0.25, 0.3) is 0 Å². The first-order chi connectivity index (χ1) is 9.11. The van der Waals surface area contributed by atoms with E-state index in [4.69, 9.17) is 4.74 Å². The van der Waals surface area contributed by atoms with Gasteiger partial charge < -0.3 is 14.5 Å². The molecule has 1 atom stereocenters. The van der Waals surface area contributed by atoms with Gasteiger partial charge in [-0.25, -0.2) is 0 Å². The molecule has 6 heteroatoms. The molecule has 2 heterocycles. The fourth-order valence-corrected chi connectivity index (χ4v) is 2.45. The van der Waals surface area contributed by atoms with Gasteiger partial charge in [-0.2, -0.15) is 0 Å². The number of amides is 1. The first kappa shape index (κ1) is 13.9. The predicted molar refractivity (Wildman–Crippen MR) is 72.4 cm³/mol. The molecule has 1 aromatic heterocycles. The van der Waals surface area contributed by atoms with Crippen LogP contribution < -0.4 is 4.74 Å². The third-order valence-corrected chi connectivity index (χ3v) is 3.54. The molecule has 0 aliphatic carbocycles. The number of rotatable bonds is 4. The maximum absolute atomic E-state index is 12.3. The number of hydrogen-bond acceptors (Lipinski definition) is 4. The quantitative estimate of drug-likeness (QED) is 0.882. The van der Waals surface area contributed by atoms with Crippen LogP contribution in [-0.2, 0) is 0 Å². The van der Waals surface area contributed by atoms with Gasteiger partial charge in [-0.3, -0.25) is 9.89 Å². The molecular formula is C13H22N4O2. The smallest absolute Gasteiger partial charge is 0.272 e. The summed E-state index contributed by atoms with van der Waals surface area (Å²) in [7, 11) is 3.95. The van der Waals surface area contributed by atoms with E-state index in [9.17, 15) is 4.79 Å². The number of likely N-dealkylation sites (tertiary alicyclic amines) is 1. The minimum Gasteiger partial charge on any atom is -0.477 e. The minimum atomic E-state index is -0.0289. The molecule has 0 spiro atoms. The molecule has 1 saturated heterocycles. The highest BCUT2D eigenvalue weighted by atomic mass is 16.5. The van der Waals surface area contributed by atoms with Crippen LogP contribution in [0.4, 0.5) is 0 Å². The molecule has 0 unspecified atom stereocenters. The third-order valence-electron chi connectivity index (χ3n) is 3.54. The Hall–Kier alpha value is -1.56. The molecule has 1 aromatic rings. The minimum absolute atomic E-state index is 0.0289. The molecule has 2 rings (SSSR count). The van der Waals surface area contributed by atoms with Gasteiger partial charge in [-0.1, -0.05) is 0 Å². The van der Waals surface area contributed by atoms with Gasteiger partial charge in [0.1, 0.15) is 5.69 Å². The Morgan fingerprint density at radius 2 is 2.47 bits per heavy atom. The van der Waals surface area contributed by atoms with Crippen molar-refractivity contribution in [2.45, 2.75) is 25.8 Å². The fourth-order valence-electron chi connectivity index (χ4n) is 2.45. The second-order valence-electron chi connectivity index (χ2n) is 5.03. The van der Waals surface area contributed by atoms with Crippen LogP contribution in [0.3, 0.4) is 0 Å². The van der Waals surface area contributed by atoms with Crippen molar-refractivity contribution in [1.82, 2.24) is 20.0 Å². The summed E-state index contributed by atoms with van der Waals surface area (Å²) in [6.07, 6.45) is 2.19. The Bertz CT molecular complexity index is 432. The van der Waals surface area contributed by atoms with E-state index in [1.54, 1.807) is 11.0 Å². The molecule has 6 nitrogen and oxygen atoms in total. The number of aromatic amines is 1. The lowest BCUT2D eigenvalue weighted by atomic mass is 10.0. The first-order valence-electron chi connectivity index (χ1n) is 6.75. The highest BCUT2D eigenvalue weighted by molar-refractivity contribution is 5.92. The van der Waals surface area contributed by atoms with Crippen molar-refractivity contribution in [2.24, 2.45) is 0 Å². The van der Waals surface area contributed by atoms with Gasteiger partial charge in [0, 0.05) is 25.7 Å². The summed E-state index contributed by atoms with van der Waals surface area (Å²) < 4.78 is 5.26. The number of likely N-dealkylation sites (N-methyl/N-ethyl adjacent to an activating group) is 2. The average Bonchev–Trinajstić information content (AvgIpc) is 2.86. The maximum atomic E-state index is 12.3. The summed E-state index contributed by atoms with van der Waals surface area (Å²) in [6.45, 7) is 4.47. The summed E-state index contributed by atoms with van der Waals surface area (Å²) in [5.74, 6) is 0.443. The van der Waals surface area contributed by atoms with Gasteiger partial charge in [-0.15, -0.1) is 5.10 Å². The normalized spacial score (nSPS) is 20.3. The molecule has 19 heavy (non-hydrogen) atoms. The molecule has 1 amide bonds. The number of H-pyrrole nitrogens is 1. The lowest BCUT2D eigenvalue weighted by Gasteiger charge is -2.35. The first-order valence-corrected chi connectivity index (χ1v) is 6.75. The summed E-state index contributed by atoms with van der Waals surface area (Å²) in [4.78, 5) is 16.4. The SMILES string of the molecule is CCOc1cc(C(=O)N(C)[C@H]2CCCN(C)C2)[nH]n1. The van der Waals surface area contributed by atoms with E-state index in [1.165, 1.54) is 0 Å². The van der Waals surface area contributed by atoms with E-state index in [2.05, 4.69) is 22.1 Å². The zero-order valence-corrected chi connectivity index (χ0v) is 11.8. The zero-order valence-electron chi connectivity index (χ0n) is 11.8. The standard InChI is InChI=1S/C13H22N4O2/c1-4-19-12-8-11(14-15-12)13(18)17(3)10-6-5-7-16(2)9-10/h8,10H,4-7,9H2,1-3H3,(H,14,15)/t10-/m0/s1. The summed E-state index contributed by atoms with van der Waals surface area (Å²) in [5, 5.41) is 6.71. The zero-order chi connectivity index (χ0) is 13.8. The van der Waals surface area contributed by atoms with Crippen LogP contribution in [-0.4, -0.2) is 65.7 Å². The average molecular weight is 266 g/mol. The summed E-state index contributed by atoms with van der Waals surface area (Å²) >= 11 is 0. The number of ether oxygens (including phenoxy) is 1. The highest BCUT2D eigenvalue weighted by Crippen LogP contribution is 2.16. The number of nitrogens with one attached hydrogen (secondary N) is 1. The van der Waals surface area contributed by atoms with Crippen LogP contribution in [0.15, 0.2) is 6.07 Å². The molecule has 0 aromatic carbocycles. The van der Waals surface area contributed by atoms with Crippen molar-refractivity contribution < 1.29 is 9.53 Å². The number of carbonyl (C=O) groups is 1. The van der Waals surface area contributed by atoms with E-state index in [0.29, 0.717) is 18.2 Å². The van der Waals surface area contributed by atoms with E-state index < -0.39 is 0 Å². The van der Waals surface area contributed by atoms with Gasteiger partial charge in [0.2, 0.25) is 5.88 Å². The molecule has 1 aliphatic heterocycles. The van der Waals surface area contributed by atoms with Crippen molar-refractivity contribution in [2.75, 3.05) is 33.8 Å². The molecule has 1 aliphatic rings. The van der Waals surface area contributed by atoms with E-state index in [-0.39, 0.29) is 11.9 Å². The molecule has 0 saturated carbocycles. The number of carbonyl (C=O) groups excluding carboxylic acids is 1. The summed E-state index contributed by atoms with van der Waals surface area (Å²) in [5.41, 5.74) is 0.485. The van der Waals surface area contributed by atoms with Crippen molar-refractivity contribution in [3.05, 3.63) is 11.8 Å². The number of aromatic nitrogens is 2. The Morgan fingerprint density at radius 3 is 3.16 bits per heavy atom. The van der Waals surface area contributed by atoms with Crippen molar-refractivity contribution in [3.63, 3.8) is 0 Å². The van der Waals surface area contributed by atoms with Crippen molar-refractivity contribution in [1.29, 1.82) is 0 Å². The van der Waals surface area contributed by atoms with Gasteiger partial charge in [-0.05, 0) is 33.4 Å². The van der Waals surface area contributed by atoms with Crippen molar-refractivity contribution >= 4 is 5.91 Å². The monoisotopic (exact) mass is 266 g/mol. The van der Waals surface area contributed by atoms with Crippen molar-refractivity contribution in [3.8, 4) is 5.88 Å². The fraction of sp³-hybridized carbons (Fsp3) is 0.692. The molecule has 0 bridgehead atoms. The van der Waals surface area contributed by atoms with E-state index in [0.717, 1.165) is 25.9 Å². The molecular weight excluding hydrogens is 244 g/mol. The van der Waals surface area contributed by atoms with Gasteiger partial charge in [0.05, 0.1) is 6.61 Å². The molecule has 0 radical (unpaired) electrons. The Balaban J connectivity index is 2.01. The maximum Gasteiger partial charge on any atom is 0.272 e. The largest absolute Gasteiger partial charge is 0.477 e. The van der Waals surface area contributed by atoms with Crippen LogP contribution in [0.5, 0.6) is 5.88 Å². The Morgan fingerprint density at radius 1 is 1.68 bits per heavy atom. The lowest BCUT2D eigenvalue weighted by Crippen LogP contribution is -2.47. The number of piperidine rings is 1. The highest BCUT2D eigenvalue weighted by Gasteiger charge is 2.26. The number of nitrogens with zero attached hydrogens (tertiary/aromatic N) is 3.